The van der Waals surface area contributed by atoms with Crippen molar-refractivity contribution in [2.24, 2.45) is 0 Å². The lowest BCUT2D eigenvalue weighted by atomic mass is 9.96. The number of fused-ring (bicyclic) bond motifs is 1. The van der Waals surface area contributed by atoms with Gasteiger partial charge in [-0.1, -0.05) is 60.7 Å². The van der Waals surface area contributed by atoms with E-state index >= 15 is 0 Å². The lowest BCUT2D eigenvalue weighted by Crippen LogP contribution is -2.52. The molecule has 0 saturated heterocycles. The molecule has 28 heavy (non-hydrogen) atoms. The maximum atomic E-state index is 13.0. The van der Waals surface area contributed by atoms with E-state index in [1.165, 1.54) is 0 Å². The van der Waals surface area contributed by atoms with Crippen LogP contribution in [0.2, 0.25) is 0 Å². The predicted octanol–water partition coefficient (Wildman–Crippen LogP) is 3.47. The molecule has 6 nitrogen and oxygen atoms in total. The first kappa shape index (κ1) is 17.7. The number of nitrogens with one attached hydrogen (secondary N) is 1. The van der Waals surface area contributed by atoms with Crippen LogP contribution >= 0.6 is 0 Å². The second-order valence-corrected chi connectivity index (χ2v) is 6.68. The Morgan fingerprint density at radius 3 is 2.46 bits per heavy atom. The second kappa shape index (κ2) is 7.52. The van der Waals surface area contributed by atoms with E-state index in [4.69, 9.17) is 5.11 Å². The summed E-state index contributed by atoms with van der Waals surface area (Å²) >= 11 is 0. The van der Waals surface area contributed by atoms with Gasteiger partial charge in [0.2, 0.25) is 5.91 Å². The lowest BCUT2D eigenvalue weighted by molar-refractivity contribution is -0.121. The number of aromatic nitrogens is 1. The molecule has 0 saturated carbocycles. The van der Waals surface area contributed by atoms with Gasteiger partial charge in [-0.2, -0.15) is 0 Å². The number of rotatable bonds is 4. The Labute approximate surface area is 162 Å². The zero-order valence-corrected chi connectivity index (χ0v) is 15.1. The molecule has 1 atom stereocenters. The molecule has 2 aromatic carbocycles. The van der Waals surface area contributed by atoms with Crippen LogP contribution in [-0.2, 0) is 17.8 Å². The fraction of sp³-hybridized carbons (Fsp3) is 0.136. The molecule has 2 heterocycles. The van der Waals surface area contributed by atoms with Gasteiger partial charge in [-0.3, -0.25) is 9.78 Å². The number of carbonyl (C=O) groups is 2. The quantitative estimate of drug-likeness (QED) is 0.734. The third kappa shape index (κ3) is 3.57. The number of amides is 2. The molecule has 1 unspecified atom stereocenters. The maximum Gasteiger partial charge on any atom is 0.405 e. The summed E-state index contributed by atoms with van der Waals surface area (Å²) < 4.78 is 0. The molecule has 2 N–H and O–H groups in total. The van der Waals surface area contributed by atoms with Gasteiger partial charge in [-0.25, -0.2) is 4.79 Å². The Hall–Kier alpha value is -3.67. The minimum atomic E-state index is -1.21. The molecular formula is C22H19N3O3. The van der Waals surface area contributed by atoms with Crippen LogP contribution in [-0.4, -0.2) is 28.1 Å². The summed E-state index contributed by atoms with van der Waals surface area (Å²) in [5.41, 5.74) is 4.34. The highest BCUT2D eigenvalue weighted by molar-refractivity contribution is 6.01. The minimum Gasteiger partial charge on any atom is -0.465 e. The van der Waals surface area contributed by atoms with Crippen LogP contribution in [0.5, 0.6) is 0 Å². The molecule has 0 fully saturated rings. The van der Waals surface area contributed by atoms with Crippen molar-refractivity contribution >= 4 is 17.7 Å². The summed E-state index contributed by atoms with van der Waals surface area (Å²) in [6.45, 7) is 0.358. The first-order chi connectivity index (χ1) is 13.6. The van der Waals surface area contributed by atoms with Crippen molar-refractivity contribution in [3.63, 3.8) is 0 Å². The van der Waals surface area contributed by atoms with Crippen molar-refractivity contribution in [3.8, 4) is 11.3 Å². The SMILES string of the molecule is O=C(O)NC1Cc2cc(-c3ccccc3)ncc2N(Cc2ccccc2)C1=O. The van der Waals surface area contributed by atoms with Crippen molar-refractivity contribution in [1.82, 2.24) is 10.3 Å². The number of nitrogens with zero attached hydrogens (tertiary/aromatic N) is 2. The molecule has 2 amide bonds. The Morgan fingerprint density at radius 1 is 1.11 bits per heavy atom. The van der Waals surface area contributed by atoms with Gasteiger partial charge in [0.15, 0.2) is 0 Å². The number of hydrogen-bond acceptors (Lipinski definition) is 3. The van der Waals surface area contributed by atoms with E-state index < -0.39 is 12.1 Å². The number of hydrogen-bond donors (Lipinski definition) is 2. The summed E-state index contributed by atoms with van der Waals surface area (Å²) in [5.74, 6) is -0.270. The van der Waals surface area contributed by atoms with E-state index in [0.29, 0.717) is 13.0 Å². The summed E-state index contributed by atoms with van der Waals surface area (Å²) in [5, 5.41) is 11.5. The van der Waals surface area contributed by atoms with Gasteiger partial charge in [0.05, 0.1) is 24.1 Å². The third-order valence-corrected chi connectivity index (χ3v) is 4.80. The van der Waals surface area contributed by atoms with Crippen molar-refractivity contribution in [2.45, 2.75) is 19.0 Å². The van der Waals surface area contributed by atoms with Crippen molar-refractivity contribution in [3.05, 3.63) is 84.1 Å². The van der Waals surface area contributed by atoms with Crippen molar-refractivity contribution in [2.75, 3.05) is 4.90 Å². The zero-order chi connectivity index (χ0) is 19.5. The highest BCUT2D eigenvalue weighted by atomic mass is 16.4. The molecule has 1 aromatic heterocycles. The van der Waals surface area contributed by atoms with E-state index in [0.717, 1.165) is 28.1 Å². The van der Waals surface area contributed by atoms with E-state index in [2.05, 4.69) is 10.3 Å². The summed E-state index contributed by atoms with van der Waals surface area (Å²) in [6.07, 6.45) is 0.794. The molecule has 6 heteroatoms. The fourth-order valence-corrected chi connectivity index (χ4v) is 3.47. The Morgan fingerprint density at radius 2 is 1.79 bits per heavy atom. The van der Waals surface area contributed by atoms with Gasteiger partial charge in [-0.15, -0.1) is 0 Å². The Kier molecular flexibility index (Phi) is 4.76. The van der Waals surface area contributed by atoms with Crippen LogP contribution in [0.15, 0.2) is 72.9 Å². The molecule has 4 rings (SSSR count). The number of anilines is 1. The first-order valence-electron chi connectivity index (χ1n) is 9.01. The van der Waals surface area contributed by atoms with E-state index in [1.54, 1.807) is 11.1 Å². The molecular weight excluding hydrogens is 354 g/mol. The van der Waals surface area contributed by atoms with Gasteiger partial charge in [-0.05, 0) is 17.2 Å². The highest BCUT2D eigenvalue weighted by Crippen LogP contribution is 2.31. The van der Waals surface area contributed by atoms with Gasteiger partial charge in [0.25, 0.3) is 0 Å². The second-order valence-electron chi connectivity index (χ2n) is 6.68. The van der Waals surface area contributed by atoms with Gasteiger partial charge in [0.1, 0.15) is 6.04 Å². The van der Waals surface area contributed by atoms with Crippen LogP contribution in [0.25, 0.3) is 11.3 Å². The smallest absolute Gasteiger partial charge is 0.405 e. The fourth-order valence-electron chi connectivity index (χ4n) is 3.47. The molecule has 1 aliphatic rings. The third-order valence-electron chi connectivity index (χ3n) is 4.80. The molecule has 0 bridgehead atoms. The number of carbonyl (C=O) groups excluding carboxylic acids is 1. The normalized spacial score (nSPS) is 15.8. The summed E-state index contributed by atoms with van der Waals surface area (Å²) in [6, 6.07) is 20.5. The van der Waals surface area contributed by atoms with Crippen molar-refractivity contribution < 1.29 is 14.7 Å². The van der Waals surface area contributed by atoms with Crippen LogP contribution in [0.3, 0.4) is 0 Å². The average Bonchev–Trinajstić information content (AvgIpc) is 2.72. The molecule has 3 aromatic rings. The standard InChI is InChI=1S/C22H19N3O3/c26-21-19(24-22(27)28)12-17-11-18(16-9-5-2-6-10-16)23-13-20(17)25(21)14-15-7-3-1-4-8-15/h1-11,13,19,24H,12,14H2,(H,27,28). The highest BCUT2D eigenvalue weighted by Gasteiger charge is 2.34. The largest absolute Gasteiger partial charge is 0.465 e. The average molecular weight is 373 g/mol. The predicted molar refractivity (Wildman–Crippen MR) is 106 cm³/mol. The number of pyridine rings is 1. The maximum absolute atomic E-state index is 13.0. The number of carboxylic acid groups (broad SMARTS) is 1. The molecule has 1 aliphatic heterocycles. The van der Waals surface area contributed by atoms with Crippen molar-refractivity contribution in [1.29, 1.82) is 0 Å². The molecule has 0 spiro atoms. The summed E-state index contributed by atoms with van der Waals surface area (Å²) in [7, 11) is 0. The van der Waals surface area contributed by atoms with Crippen LogP contribution in [0, 0.1) is 0 Å². The van der Waals surface area contributed by atoms with E-state index in [-0.39, 0.29) is 5.91 Å². The molecule has 0 aliphatic carbocycles. The zero-order valence-electron chi connectivity index (χ0n) is 15.1. The van der Waals surface area contributed by atoms with Crippen LogP contribution in [0.4, 0.5) is 10.5 Å². The Bertz CT molecular complexity index is 1010. The lowest BCUT2D eigenvalue weighted by Gasteiger charge is -2.34. The van der Waals surface area contributed by atoms with Crippen LogP contribution in [0.1, 0.15) is 11.1 Å². The molecule has 0 radical (unpaired) electrons. The van der Waals surface area contributed by atoms with E-state index in [1.807, 2.05) is 66.7 Å². The van der Waals surface area contributed by atoms with E-state index in [9.17, 15) is 9.59 Å². The van der Waals surface area contributed by atoms with Gasteiger partial charge in [0, 0.05) is 12.0 Å². The topological polar surface area (TPSA) is 82.5 Å². The minimum absolute atomic E-state index is 0.270. The first-order valence-corrected chi connectivity index (χ1v) is 9.01. The molecule has 140 valence electrons. The van der Waals surface area contributed by atoms with Crippen LogP contribution < -0.4 is 10.2 Å². The number of benzene rings is 2. The van der Waals surface area contributed by atoms with Gasteiger partial charge < -0.3 is 15.3 Å². The monoisotopic (exact) mass is 373 g/mol. The Balaban J connectivity index is 1.74. The van der Waals surface area contributed by atoms with Gasteiger partial charge >= 0.3 is 6.09 Å². The summed E-state index contributed by atoms with van der Waals surface area (Å²) in [4.78, 5) is 30.3.